The maximum Gasteiger partial charge on any atom is 0.257 e. The summed E-state index contributed by atoms with van der Waals surface area (Å²) in [4.78, 5) is 12.3. The van der Waals surface area contributed by atoms with E-state index in [9.17, 15) is 4.79 Å². The first kappa shape index (κ1) is 19.3. The number of thiocarbonyl (C=S) groups is 1. The molecule has 2 N–H and O–H groups in total. The fraction of sp³-hybridized carbons (Fsp3) is 0.200. The molecule has 0 aliphatic rings. The lowest BCUT2D eigenvalue weighted by Gasteiger charge is -2.33. The van der Waals surface area contributed by atoms with Crippen LogP contribution in [0.4, 0.5) is 0 Å². The first-order valence-electron chi connectivity index (χ1n) is 7.89. The van der Waals surface area contributed by atoms with Crippen LogP contribution in [0.25, 0.3) is 0 Å². The summed E-state index contributed by atoms with van der Waals surface area (Å²) in [6, 6.07) is 17.0. The van der Waals surface area contributed by atoms with Gasteiger partial charge in [0.05, 0.1) is 5.54 Å². The number of nitrogens with one attached hydrogen (secondary N) is 2. The Labute approximate surface area is 162 Å². The Morgan fingerprint density at radius 1 is 1.20 bits per heavy atom. The van der Waals surface area contributed by atoms with Crippen LogP contribution in [0.5, 0.6) is 0 Å². The van der Waals surface area contributed by atoms with Gasteiger partial charge < -0.3 is 5.32 Å². The van der Waals surface area contributed by atoms with E-state index >= 15 is 0 Å². The SMILES string of the molecule is C=C(C)C[C@](C)(NC(=S)NC(=O)c1ccccc1)c1cccc(Br)c1. The molecule has 130 valence electrons. The summed E-state index contributed by atoms with van der Waals surface area (Å²) < 4.78 is 0.985. The molecule has 0 aliphatic carbocycles. The largest absolute Gasteiger partial charge is 0.353 e. The van der Waals surface area contributed by atoms with Crippen LogP contribution in [0.1, 0.15) is 36.2 Å². The second-order valence-corrected chi connectivity index (χ2v) is 7.57. The smallest absolute Gasteiger partial charge is 0.257 e. The van der Waals surface area contributed by atoms with Crippen LogP contribution in [-0.2, 0) is 5.54 Å². The first-order valence-corrected chi connectivity index (χ1v) is 9.09. The van der Waals surface area contributed by atoms with Gasteiger partial charge in [0, 0.05) is 10.0 Å². The lowest BCUT2D eigenvalue weighted by Crippen LogP contribution is -2.49. The van der Waals surface area contributed by atoms with Gasteiger partial charge in [-0.3, -0.25) is 10.1 Å². The molecule has 0 aliphatic heterocycles. The number of halogens is 1. The van der Waals surface area contributed by atoms with Crippen LogP contribution in [0.15, 0.2) is 71.2 Å². The molecule has 1 amide bonds. The number of carbonyl (C=O) groups excluding carboxylic acids is 1. The van der Waals surface area contributed by atoms with Gasteiger partial charge in [-0.15, -0.1) is 6.58 Å². The molecule has 0 fully saturated rings. The number of rotatable bonds is 5. The Morgan fingerprint density at radius 2 is 1.88 bits per heavy atom. The van der Waals surface area contributed by atoms with Crippen molar-refractivity contribution in [1.82, 2.24) is 10.6 Å². The highest BCUT2D eigenvalue weighted by Gasteiger charge is 2.28. The van der Waals surface area contributed by atoms with Crippen molar-refractivity contribution in [3.8, 4) is 0 Å². The molecule has 1 atom stereocenters. The molecule has 0 radical (unpaired) electrons. The zero-order valence-electron chi connectivity index (χ0n) is 14.3. The molecular formula is C20H21BrN2OS. The van der Waals surface area contributed by atoms with Crippen molar-refractivity contribution < 1.29 is 4.79 Å². The van der Waals surface area contributed by atoms with E-state index in [4.69, 9.17) is 12.2 Å². The van der Waals surface area contributed by atoms with Gasteiger partial charge in [0.1, 0.15) is 0 Å². The van der Waals surface area contributed by atoms with Crippen molar-refractivity contribution in [3.05, 3.63) is 82.3 Å². The van der Waals surface area contributed by atoms with Gasteiger partial charge in [0.2, 0.25) is 0 Å². The van der Waals surface area contributed by atoms with Gasteiger partial charge in [0.25, 0.3) is 5.91 Å². The van der Waals surface area contributed by atoms with Crippen LogP contribution >= 0.6 is 28.1 Å². The van der Waals surface area contributed by atoms with Crippen molar-refractivity contribution in [2.75, 3.05) is 0 Å². The molecule has 0 saturated heterocycles. The second-order valence-electron chi connectivity index (χ2n) is 6.25. The van der Waals surface area contributed by atoms with Crippen molar-refractivity contribution in [2.24, 2.45) is 0 Å². The number of benzene rings is 2. The van der Waals surface area contributed by atoms with Crippen molar-refractivity contribution in [3.63, 3.8) is 0 Å². The van der Waals surface area contributed by atoms with E-state index in [0.717, 1.165) is 15.6 Å². The summed E-state index contributed by atoms with van der Waals surface area (Å²) in [5.41, 5.74) is 2.17. The Kier molecular flexibility index (Phi) is 6.51. The number of hydrogen-bond donors (Lipinski definition) is 2. The van der Waals surface area contributed by atoms with Crippen LogP contribution in [-0.4, -0.2) is 11.0 Å². The van der Waals surface area contributed by atoms with E-state index in [1.54, 1.807) is 12.1 Å². The van der Waals surface area contributed by atoms with Gasteiger partial charge in [0.15, 0.2) is 5.11 Å². The quantitative estimate of drug-likeness (QED) is 0.535. The summed E-state index contributed by atoms with van der Waals surface area (Å²) >= 11 is 8.88. The average molecular weight is 417 g/mol. The molecule has 0 heterocycles. The first-order chi connectivity index (χ1) is 11.8. The minimum Gasteiger partial charge on any atom is -0.353 e. The van der Waals surface area contributed by atoms with Crippen molar-refractivity contribution >= 4 is 39.2 Å². The highest BCUT2D eigenvalue weighted by molar-refractivity contribution is 9.10. The molecule has 2 aromatic rings. The van der Waals surface area contributed by atoms with Gasteiger partial charge in [-0.2, -0.15) is 0 Å². The maximum atomic E-state index is 12.3. The maximum absolute atomic E-state index is 12.3. The standard InChI is InChI=1S/C20H21BrN2OS/c1-14(2)13-20(3,16-10-7-11-17(21)12-16)23-19(25)22-18(24)15-8-5-4-6-9-15/h4-12H,1,13H2,2-3H3,(H2,22,23,24,25)/t20-/m0/s1. The van der Waals surface area contributed by atoms with Crippen molar-refractivity contribution in [1.29, 1.82) is 0 Å². The summed E-state index contributed by atoms with van der Waals surface area (Å²) in [5.74, 6) is -0.231. The van der Waals surface area contributed by atoms with Crippen molar-refractivity contribution in [2.45, 2.75) is 25.8 Å². The van der Waals surface area contributed by atoms with Crippen LogP contribution < -0.4 is 10.6 Å². The van der Waals surface area contributed by atoms with Gasteiger partial charge in [-0.25, -0.2) is 0 Å². The van der Waals surface area contributed by atoms with Crippen LogP contribution in [0.3, 0.4) is 0 Å². The molecule has 0 spiro atoms. The molecule has 2 rings (SSSR count). The minimum atomic E-state index is -0.476. The normalized spacial score (nSPS) is 12.8. The zero-order valence-corrected chi connectivity index (χ0v) is 16.7. The lowest BCUT2D eigenvalue weighted by molar-refractivity contribution is 0.0976. The Morgan fingerprint density at radius 3 is 2.48 bits per heavy atom. The van der Waals surface area contributed by atoms with E-state index in [2.05, 4.69) is 33.1 Å². The average Bonchev–Trinajstić information content (AvgIpc) is 2.54. The molecule has 3 nitrogen and oxygen atoms in total. The summed E-state index contributed by atoms with van der Waals surface area (Å²) in [7, 11) is 0. The molecule has 0 aromatic heterocycles. The third-order valence-electron chi connectivity index (χ3n) is 3.77. The lowest BCUT2D eigenvalue weighted by atomic mass is 9.86. The van der Waals surface area contributed by atoms with E-state index < -0.39 is 5.54 Å². The monoisotopic (exact) mass is 416 g/mol. The highest BCUT2D eigenvalue weighted by Crippen LogP contribution is 2.29. The van der Waals surface area contributed by atoms with E-state index in [1.807, 2.05) is 56.3 Å². The third kappa shape index (κ3) is 5.51. The van der Waals surface area contributed by atoms with E-state index in [1.165, 1.54) is 0 Å². The van der Waals surface area contributed by atoms with Gasteiger partial charge >= 0.3 is 0 Å². The summed E-state index contributed by atoms with van der Waals surface area (Å²) in [6.45, 7) is 8.04. The molecule has 0 unspecified atom stereocenters. The second kappa shape index (κ2) is 8.41. The number of carbonyl (C=O) groups is 1. The molecule has 5 heteroatoms. The van der Waals surface area contributed by atoms with Gasteiger partial charge in [-0.1, -0.05) is 51.8 Å². The summed E-state index contributed by atoms with van der Waals surface area (Å²) in [5, 5.41) is 6.33. The van der Waals surface area contributed by atoms with Gasteiger partial charge in [-0.05, 0) is 62.3 Å². The topological polar surface area (TPSA) is 41.1 Å². The predicted molar refractivity (Wildman–Crippen MR) is 111 cm³/mol. The third-order valence-corrected chi connectivity index (χ3v) is 4.47. The Balaban J connectivity index is 2.18. The fourth-order valence-electron chi connectivity index (χ4n) is 2.70. The number of hydrogen-bond acceptors (Lipinski definition) is 2. The molecule has 25 heavy (non-hydrogen) atoms. The predicted octanol–water partition coefficient (Wildman–Crippen LogP) is 4.94. The Bertz CT molecular complexity index is 791. The zero-order chi connectivity index (χ0) is 18.4. The fourth-order valence-corrected chi connectivity index (χ4v) is 3.42. The molecule has 0 saturated carbocycles. The Hall–Kier alpha value is -1.98. The van der Waals surface area contributed by atoms with Crippen LogP contribution in [0, 0.1) is 0 Å². The van der Waals surface area contributed by atoms with E-state index in [0.29, 0.717) is 12.0 Å². The molecular weight excluding hydrogens is 396 g/mol. The van der Waals surface area contributed by atoms with E-state index in [-0.39, 0.29) is 11.0 Å². The van der Waals surface area contributed by atoms with Crippen LogP contribution in [0.2, 0.25) is 0 Å². The highest BCUT2D eigenvalue weighted by atomic mass is 79.9. The minimum absolute atomic E-state index is 0.231. The number of amides is 1. The summed E-state index contributed by atoms with van der Waals surface area (Å²) in [6.07, 6.45) is 0.685. The molecule has 0 bridgehead atoms. The molecule has 2 aromatic carbocycles.